The van der Waals surface area contributed by atoms with Gasteiger partial charge in [-0.25, -0.2) is 9.97 Å². The van der Waals surface area contributed by atoms with E-state index in [1.807, 2.05) is 6.07 Å². The molecule has 0 radical (unpaired) electrons. The molecule has 0 saturated carbocycles. The highest BCUT2D eigenvalue weighted by Crippen LogP contribution is 2.22. The maximum atomic E-state index is 4.64. The molecule has 1 aliphatic rings. The van der Waals surface area contributed by atoms with Crippen LogP contribution < -0.4 is 4.90 Å². The van der Waals surface area contributed by atoms with Gasteiger partial charge in [-0.05, 0) is 42.9 Å². The number of piperidine rings is 1. The predicted molar refractivity (Wildman–Crippen MR) is 78.0 cm³/mol. The van der Waals surface area contributed by atoms with E-state index in [2.05, 4.69) is 56.7 Å². The minimum Gasteiger partial charge on any atom is -0.355 e. The number of nitrogens with zero attached hydrogens (tertiary/aromatic N) is 4. The lowest BCUT2D eigenvalue weighted by Gasteiger charge is -2.36. The van der Waals surface area contributed by atoms with Crippen molar-refractivity contribution in [2.45, 2.75) is 32.2 Å². The van der Waals surface area contributed by atoms with E-state index in [1.165, 1.54) is 12.8 Å². The number of hydrogen-bond acceptors (Lipinski definition) is 4. The molecule has 1 fully saturated rings. The number of hydrogen-bond donors (Lipinski definition) is 0. The van der Waals surface area contributed by atoms with E-state index in [1.54, 1.807) is 0 Å². The van der Waals surface area contributed by atoms with E-state index in [0.717, 1.165) is 35.8 Å². The normalized spacial score (nSPS) is 20.5. The number of halogens is 1. The van der Waals surface area contributed by atoms with Crippen LogP contribution in [0.4, 0.5) is 5.82 Å². The molecule has 2 heterocycles. The third-order valence-corrected chi connectivity index (χ3v) is 3.90. The first-order valence-corrected chi connectivity index (χ1v) is 7.34. The number of likely N-dealkylation sites (N-methyl/N-ethyl adjacent to an activating group) is 1. The second-order valence-electron chi connectivity index (χ2n) is 5.02. The van der Waals surface area contributed by atoms with Crippen LogP contribution in [0, 0.1) is 0 Å². The molecule has 0 aliphatic carbocycles. The standard InChI is InChI=1S/C13H21BrN4/c1-4-12-15-11(14)8-13(16-12)18-7-5-6-10(9-18)17(2)3/h8,10H,4-7,9H2,1-3H3. The summed E-state index contributed by atoms with van der Waals surface area (Å²) in [5, 5.41) is 0. The van der Waals surface area contributed by atoms with Gasteiger partial charge in [0.2, 0.25) is 0 Å². The molecule has 4 nitrogen and oxygen atoms in total. The molecule has 0 N–H and O–H groups in total. The Balaban J connectivity index is 2.17. The van der Waals surface area contributed by atoms with E-state index in [9.17, 15) is 0 Å². The van der Waals surface area contributed by atoms with Gasteiger partial charge in [0.05, 0.1) is 0 Å². The lowest BCUT2D eigenvalue weighted by Crippen LogP contribution is -2.45. The van der Waals surface area contributed by atoms with Crippen molar-refractivity contribution in [3.05, 3.63) is 16.5 Å². The van der Waals surface area contributed by atoms with Gasteiger partial charge in [0.1, 0.15) is 16.2 Å². The number of aromatic nitrogens is 2. The second-order valence-corrected chi connectivity index (χ2v) is 5.84. The second kappa shape index (κ2) is 5.97. The summed E-state index contributed by atoms with van der Waals surface area (Å²) in [6.07, 6.45) is 3.37. The van der Waals surface area contributed by atoms with Crippen LogP contribution in [0.1, 0.15) is 25.6 Å². The highest BCUT2D eigenvalue weighted by Gasteiger charge is 2.22. The van der Waals surface area contributed by atoms with Gasteiger partial charge in [0.15, 0.2) is 0 Å². The van der Waals surface area contributed by atoms with E-state index >= 15 is 0 Å². The van der Waals surface area contributed by atoms with Gasteiger partial charge >= 0.3 is 0 Å². The fraction of sp³-hybridized carbons (Fsp3) is 0.692. The first-order valence-electron chi connectivity index (χ1n) is 6.55. The third-order valence-electron chi connectivity index (χ3n) is 3.49. The van der Waals surface area contributed by atoms with Crippen molar-refractivity contribution in [1.29, 1.82) is 0 Å². The van der Waals surface area contributed by atoms with Gasteiger partial charge in [-0.15, -0.1) is 0 Å². The first-order chi connectivity index (χ1) is 8.60. The fourth-order valence-corrected chi connectivity index (χ4v) is 2.77. The highest BCUT2D eigenvalue weighted by molar-refractivity contribution is 9.10. The van der Waals surface area contributed by atoms with Crippen LogP contribution in [0.15, 0.2) is 10.7 Å². The van der Waals surface area contributed by atoms with Crippen molar-refractivity contribution in [2.24, 2.45) is 0 Å². The summed E-state index contributed by atoms with van der Waals surface area (Å²) >= 11 is 3.48. The molecule has 18 heavy (non-hydrogen) atoms. The van der Waals surface area contributed by atoms with Crippen LogP contribution >= 0.6 is 15.9 Å². The van der Waals surface area contributed by atoms with Crippen molar-refractivity contribution in [2.75, 3.05) is 32.1 Å². The minimum atomic E-state index is 0.623. The molecule has 0 aromatic carbocycles. The van der Waals surface area contributed by atoms with Crippen molar-refractivity contribution < 1.29 is 0 Å². The largest absolute Gasteiger partial charge is 0.355 e. The molecule has 1 aromatic heterocycles. The quantitative estimate of drug-likeness (QED) is 0.802. The third kappa shape index (κ3) is 3.20. The van der Waals surface area contributed by atoms with Gasteiger partial charge in [0, 0.05) is 31.6 Å². The van der Waals surface area contributed by atoms with Crippen LogP contribution in [0.5, 0.6) is 0 Å². The number of aryl methyl sites for hydroxylation is 1. The SMILES string of the molecule is CCc1nc(Br)cc(N2CCCC(N(C)C)C2)n1. The Hall–Kier alpha value is -0.680. The number of anilines is 1. The van der Waals surface area contributed by atoms with E-state index < -0.39 is 0 Å². The topological polar surface area (TPSA) is 32.3 Å². The van der Waals surface area contributed by atoms with Gasteiger partial charge in [0.25, 0.3) is 0 Å². The Kier molecular flexibility index (Phi) is 4.56. The molecular weight excluding hydrogens is 292 g/mol. The van der Waals surface area contributed by atoms with Crippen LogP contribution in [0.2, 0.25) is 0 Å². The monoisotopic (exact) mass is 312 g/mol. The maximum Gasteiger partial charge on any atom is 0.133 e. The predicted octanol–water partition coefficient (Wildman–Crippen LogP) is 2.33. The molecule has 0 amide bonds. The summed E-state index contributed by atoms with van der Waals surface area (Å²) in [4.78, 5) is 13.7. The summed E-state index contributed by atoms with van der Waals surface area (Å²) in [7, 11) is 4.31. The number of rotatable bonds is 3. The lowest BCUT2D eigenvalue weighted by molar-refractivity contribution is 0.257. The summed E-state index contributed by atoms with van der Waals surface area (Å²) in [5.74, 6) is 1.96. The van der Waals surface area contributed by atoms with Crippen LogP contribution in [-0.4, -0.2) is 48.1 Å². The van der Waals surface area contributed by atoms with Crippen LogP contribution in [0.25, 0.3) is 0 Å². The Bertz CT molecular complexity index is 408. The highest BCUT2D eigenvalue weighted by atomic mass is 79.9. The molecule has 0 spiro atoms. The smallest absolute Gasteiger partial charge is 0.133 e. The summed E-state index contributed by atoms with van der Waals surface area (Å²) in [5.41, 5.74) is 0. The van der Waals surface area contributed by atoms with Gasteiger partial charge in [-0.1, -0.05) is 6.92 Å². The zero-order chi connectivity index (χ0) is 13.1. The van der Waals surface area contributed by atoms with Gasteiger partial charge in [-0.3, -0.25) is 0 Å². The van der Waals surface area contributed by atoms with Crippen molar-refractivity contribution in [1.82, 2.24) is 14.9 Å². The average Bonchev–Trinajstić information content (AvgIpc) is 2.38. The summed E-state index contributed by atoms with van der Waals surface area (Å²) < 4.78 is 0.885. The Morgan fingerprint density at radius 1 is 1.44 bits per heavy atom. The van der Waals surface area contributed by atoms with E-state index in [-0.39, 0.29) is 0 Å². The molecule has 1 saturated heterocycles. The zero-order valence-electron chi connectivity index (χ0n) is 11.4. The van der Waals surface area contributed by atoms with Crippen molar-refractivity contribution in [3.63, 3.8) is 0 Å². The van der Waals surface area contributed by atoms with Crippen molar-refractivity contribution >= 4 is 21.7 Å². The molecule has 5 heteroatoms. The van der Waals surface area contributed by atoms with E-state index in [0.29, 0.717) is 6.04 Å². The molecule has 1 aliphatic heterocycles. The molecule has 0 bridgehead atoms. The van der Waals surface area contributed by atoms with E-state index in [4.69, 9.17) is 0 Å². The Morgan fingerprint density at radius 2 is 2.22 bits per heavy atom. The average molecular weight is 313 g/mol. The maximum absolute atomic E-state index is 4.64. The fourth-order valence-electron chi connectivity index (χ4n) is 2.36. The molecule has 1 aromatic rings. The minimum absolute atomic E-state index is 0.623. The zero-order valence-corrected chi connectivity index (χ0v) is 12.9. The first kappa shape index (κ1) is 13.7. The van der Waals surface area contributed by atoms with Crippen LogP contribution in [0.3, 0.4) is 0 Å². The molecule has 2 rings (SSSR count). The Labute approximate surface area is 118 Å². The molecular formula is C13H21BrN4. The summed E-state index contributed by atoms with van der Waals surface area (Å²) in [6, 6.07) is 2.65. The van der Waals surface area contributed by atoms with Gasteiger partial charge in [-0.2, -0.15) is 0 Å². The molecule has 1 atom stereocenters. The lowest BCUT2D eigenvalue weighted by atomic mass is 10.1. The molecule has 1 unspecified atom stereocenters. The van der Waals surface area contributed by atoms with Crippen molar-refractivity contribution in [3.8, 4) is 0 Å². The van der Waals surface area contributed by atoms with Gasteiger partial charge < -0.3 is 9.80 Å². The van der Waals surface area contributed by atoms with Crippen LogP contribution in [-0.2, 0) is 6.42 Å². The summed E-state index contributed by atoms with van der Waals surface area (Å²) in [6.45, 7) is 4.24. The Morgan fingerprint density at radius 3 is 2.89 bits per heavy atom. The molecule has 100 valence electrons.